The zero-order valence-electron chi connectivity index (χ0n) is 7.04. The van der Waals surface area contributed by atoms with Gasteiger partial charge in [-0.25, -0.2) is 4.39 Å². The third-order valence-corrected chi connectivity index (χ3v) is 1.66. The fourth-order valence-corrected chi connectivity index (χ4v) is 0.942. The molecular formula is C9H11FO2. The molecule has 1 atom stereocenters. The van der Waals surface area contributed by atoms with Crippen LogP contribution in [0.2, 0.25) is 0 Å². The molecular weight excluding hydrogens is 159 g/mol. The molecule has 2 nitrogen and oxygen atoms in total. The number of rotatable bonds is 2. The van der Waals surface area contributed by atoms with E-state index in [-0.39, 0.29) is 5.75 Å². The molecule has 0 aliphatic heterocycles. The zero-order valence-corrected chi connectivity index (χ0v) is 7.04. The van der Waals surface area contributed by atoms with Crippen LogP contribution in [0, 0.1) is 0 Å². The number of benzene rings is 1. The van der Waals surface area contributed by atoms with Gasteiger partial charge < -0.3 is 9.84 Å². The normalized spacial score (nSPS) is 12.6. The standard InChI is InChI=1S/C9H11FO2/c1-6(10)7-3-4-8(11)9(5-7)12-2/h3-6,11H,1-2H3. The second-order valence-corrected chi connectivity index (χ2v) is 2.55. The molecule has 3 heteroatoms. The van der Waals surface area contributed by atoms with E-state index in [9.17, 15) is 4.39 Å². The Morgan fingerprint density at radius 1 is 1.50 bits per heavy atom. The maximum Gasteiger partial charge on any atom is 0.160 e. The largest absolute Gasteiger partial charge is 0.504 e. The van der Waals surface area contributed by atoms with Crippen molar-refractivity contribution in [1.29, 1.82) is 0 Å². The van der Waals surface area contributed by atoms with Crippen molar-refractivity contribution < 1.29 is 14.2 Å². The van der Waals surface area contributed by atoms with E-state index in [0.29, 0.717) is 11.3 Å². The average molecular weight is 170 g/mol. The van der Waals surface area contributed by atoms with Crippen molar-refractivity contribution in [2.75, 3.05) is 7.11 Å². The molecule has 0 saturated heterocycles. The minimum absolute atomic E-state index is 0.0295. The first-order valence-electron chi connectivity index (χ1n) is 3.66. The Hall–Kier alpha value is -1.25. The highest BCUT2D eigenvalue weighted by molar-refractivity contribution is 5.42. The molecule has 1 rings (SSSR count). The van der Waals surface area contributed by atoms with Gasteiger partial charge >= 0.3 is 0 Å². The summed E-state index contributed by atoms with van der Waals surface area (Å²) in [6, 6.07) is 4.44. The number of phenolic OH excluding ortho intramolecular Hbond substituents is 1. The van der Waals surface area contributed by atoms with E-state index in [2.05, 4.69) is 0 Å². The summed E-state index contributed by atoms with van der Waals surface area (Å²) in [7, 11) is 1.43. The van der Waals surface area contributed by atoms with Gasteiger partial charge in [0.05, 0.1) is 7.11 Å². The monoisotopic (exact) mass is 170 g/mol. The number of hydrogen-bond acceptors (Lipinski definition) is 2. The molecule has 0 radical (unpaired) electrons. The third kappa shape index (κ3) is 1.67. The summed E-state index contributed by atoms with van der Waals surface area (Å²) in [5, 5.41) is 9.17. The fourth-order valence-electron chi connectivity index (χ4n) is 0.942. The molecule has 0 saturated carbocycles. The number of halogens is 1. The van der Waals surface area contributed by atoms with Gasteiger partial charge in [0, 0.05) is 0 Å². The smallest absolute Gasteiger partial charge is 0.160 e. The highest BCUT2D eigenvalue weighted by atomic mass is 19.1. The first-order valence-corrected chi connectivity index (χ1v) is 3.66. The van der Waals surface area contributed by atoms with E-state index in [1.165, 1.54) is 32.2 Å². The number of hydrogen-bond donors (Lipinski definition) is 1. The molecule has 66 valence electrons. The van der Waals surface area contributed by atoms with Crippen LogP contribution >= 0.6 is 0 Å². The fraction of sp³-hybridized carbons (Fsp3) is 0.333. The van der Waals surface area contributed by atoms with Gasteiger partial charge in [-0.1, -0.05) is 6.07 Å². The number of ether oxygens (including phenoxy) is 1. The highest BCUT2D eigenvalue weighted by Crippen LogP contribution is 2.29. The van der Waals surface area contributed by atoms with Crippen LogP contribution in [0.15, 0.2) is 18.2 Å². The minimum Gasteiger partial charge on any atom is -0.504 e. The Kier molecular flexibility index (Phi) is 2.53. The van der Waals surface area contributed by atoms with Crippen molar-refractivity contribution in [2.24, 2.45) is 0 Å². The quantitative estimate of drug-likeness (QED) is 0.738. The molecule has 0 amide bonds. The molecule has 1 unspecified atom stereocenters. The minimum atomic E-state index is -1.04. The van der Waals surface area contributed by atoms with Crippen molar-refractivity contribution in [1.82, 2.24) is 0 Å². The molecule has 1 aromatic carbocycles. The van der Waals surface area contributed by atoms with Crippen molar-refractivity contribution in [3.05, 3.63) is 23.8 Å². The molecule has 1 N–H and O–H groups in total. The van der Waals surface area contributed by atoms with E-state index in [0.717, 1.165) is 0 Å². The summed E-state index contributed by atoms with van der Waals surface area (Å²) in [5.74, 6) is 0.332. The number of alkyl halides is 1. The molecule has 1 aromatic rings. The predicted molar refractivity (Wildman–Crippen MR) is 44.2 cm³/mol. The Bertz CT molecular complexity index is 271. The first kappa shape index (κ1) is 8.84. The number of phenols is 1. The van der Waals surface area contributed by atoms with Crippen LogP contribution in [0.5, 0.6) is 11.5 Å². The Balaban J connectivity index is 3.05. The van der Waals surface area contributed by atoms with Gasteiger partial charge in [0.15, 0.2) is 11.5 Å². The van der Waals surface area contributed by atoms with Gasteiger partial charge in [0.25, 0.3) is 0 Å². The Morgan fingerprint density at radius 2 is 2.17 bits per heavy atom. The molecule has 0 aliphatic rings. The van der Waals surface area contributed by atoms with Crippen molar-refractivity contribution in [3.63, 3.8) is 0 Å². The van der Waals surface area contributed by atoms with Crippen LogP contribution in [0.1, 0.15) is 18.7 Å². The van der Waals surface area contributed by atoms with Crippen LogP contribution in [0.25, 0.3) is 0 Å². The van der Waals surface area contributed by atoms with Gasteiger partial charge in [-0.2, -0.15) is 0 Å². The SMILES string of the molecule is COc1cc(C(C)F)ccc1O. The lowest BCUT2D eigenvalue weighted by Gasteiger charge is -2.06. The van der Waals surface area contributed by atoms with Crippen molar-refractivity contribution in [2.45, 2.75) is 13.1 Å². The maximum atomic E-state index is 12.7. The van der Waals surface area contributed by atoms with E-state index in [4.69, 9.17) is 9.84 Å². The van der Waals surface area contributed by atoms with Gasteiger partial charge in [0.2, 0.25) is 0 Å². The number of methoxy groups -OCH3 is 1. The lowest BCUT2D eigenvalue weighted by atomic mass is 10.1. The molecule has 0 fully saturated rings. The van der Waals surface area contributed by atoms with E-state index in [1.54, 1.807) is 0 Å². The van der Waals surface area contributed by atoms with Crippen LogP contribution in [-0.4, -0.2) is 12.2 Å². The Morgan fingerprint density at radius 3 is 2.67 bits per heavy atom. The van der Waals surface area contributed by atoms with Crippen LogP contribution in [-0.2, 0) is 0 Å². The molecule has 0 aromatic heterocycles. The molecule has 0 heterocycles. The van der Waals surface area contributed by atoms with Gasteiger partial charge in [-0.3, -0.25) is 0 Å². The van der Waals surface area contributed by atoms with E-state index < -0.39 is 6.17 Å². The van der Waals surface area contributed by atoms with Gasteiger partial charge in [-0.05, 0) is 24.6 Å². The second kappa shape index (κ2) is 3.43. The summed E-state index contributed by atoms with van der Waals surface area (Å²) in [6.45, 7) is 1.44. The van der Waals surface area contributed by atoms with Crippen LogP contribution in [0.4, 0.5) is 4.39 Å². The van der Waals surface area contributed by atoms with Crippen molar-refractivity contribution >= 4 is 0 Å². The molecule has 0 aliphatic carbocycles. The highest BCUT2D eigenvalue weighted by Gasteiger charge is 2.06. The van der Waals surface area contributed by atoms with Gasteiger partial charge in [0.1, 0.15) is 6.17 Å². The molecule has 0 spiro atoms. The second-order valence-electron chi connectivity index (χ2n) is 2.55. The lowest BCUT2D eigenvalue weighted by molar-refractivity contribution is 0.358. The van der Waals surface area contributed by atoms with E-state index in [1.807, 2.05) is 0 Å². The first-order chi connectivity index (χ1) is 5.65. The topological polar surface area (TPSA) is 29.5 Å². The predicted octanol–water partition coefficient (Wildman–Crippen LogP) is 2.43. The van der Waals surface area contributed by atoms with Crippen LogP contribution in [0.3, 0.4) is 0 Å². The van der Waals surface area contributed by atoms with E-state index >= 15 is 0 Å². The maximum absolute atomic E-state index is 12.7. The molecule has 0 bridgehead atoms. The summed E-state index contributed by atoms with van der Waals surface area (Å²) >= 11 is 0. The zero-order chi connectivity index (χ0) is 9.14. The summed E-state index contributed by atoms with van der Waals surface area (Å²) in [4.78, 5) is 0. The number of aromatic hydroxyl groups is 1. The van der Waals surface area contributed by atoms with Crippen molar-refractivity contribution in [3.8, 4) is 11.5 Å². The van der Waals surface area contributed by atoms with Gasteiger partial charge in [-0.15, -0.1) is 0 Å². The molecule has 12 heavy (non-hydrogen) atoms. The lowest BCUT2D eigenvalue weighted by Crippen LogP contribution is -1.88. The summed E-state index contributed by atoms with van der Waals surface area (Å²) in [5.41, 5.74) is 0.504. The summed E-state index contributed by atoms with van der Waals surface area (Å²) in [6.07, 6.45) is -1.04. The summed E-state index contributed by atoms with van der Waals surface area (Å²) < 4.78 is 17.6. The average Bonchev–Trinajstić information content (AvgIpc) is 2.05. The van der Waals surface area contributed by atoms with Crippen LogP contribution < -0.4 is 4.74 Å². The Labute approximate surface area is 70.6 Å². The third-order valence-electron chi connectivity index (χ3n) is 1.66.